The number of anilines is 2. The van der Waals surface area contributed by atoms with E-state index in [1.165, 1.54) is 12.1 Å². The highest BCUT2D eigenvalue weighted by atomic mass is 35.5. The molecule has 0 spiro atoms. The lowest BCUT2D eigenvalue weighted by molar-refractivity contribution is -0.438. The van der Waals surface area contributed by atoms with Crippen LogP contribution in [0.2, 0.25) is 20.1 Å². The van der Waals surface area contributed by atoms with Crippen LogP contribution < -0.4 is 4.90 Å². The van der Waals surface area contributed by atoms with E-state index in [4.69, 9.17) is 59.5 Å². The minimum atomic E-state index is -4.85. The number of hydrogen-bond acceptors (Lipinski definition) is 4. The first-order chi connectivity index (χ1) is 24.5. The molecular weight excluding hydrogens is 746 g/mol. The van der Waals surface area contributed by atoms with Crippen LogP contribution in [0.15, 0.2) is 120 Å². The Balaban J connectivity index is 1.67. The van der Waals surface area contributed by atoms with E-state index < -0.39 is 10.1 Å². The fourth-order valence-corrected chi connectivity index (χ4v) is 7.72. The summed E-state index contributed by atoms with van der Waals surface area (Å²) in [5.41, 5.74) is 4.80. The molecule has 1 aliphatic carbocycles. The number of benzene rings is 4. The summed E-state index contributed by atoms with van der Waals surface area (Å²) >= 11 is 26.4. The van der Waals surface area contributed by atoms with Crippen LogP contribution in [0.25, 0.3) is 15.3 Å². The average Bonchev–Trinajstić information content (AvgIpc) is 3.11. The van der Waals surface area contributed by atoms with Crippen molar-refractivity contribution in [2.75, 3.05) is 31.1 Å². The third-order valence-electron chi connectivity index (χ3n) is 8.08. The summed E-state index contributed by atoms with van der Waals surface area (Å²) in [6, 6.07) is 24.1. The highest BCUT2D eigenvalue weighted by molar-refractivity contribution is 7.85. The van der Waals surface area contributed by atoms with Gasteiger partial charge in [-0.25, -0.2) is 21.6 Å². The molecule has 5 rings (SSSR count). The van der Waals surface area contributed by atoms with Crippen LogP contribution in [-0.2, 0) is 10.1 Å². The molecule has 4 aromatic carbocycles. The van der Waals surface area contributed by atoms with Gasteiger partial charge in [-0.2, -0.15) is 4.58 Å². The molecule has 0 N–H and O–H groups in total. The van der Waals surface area contributed by atoms with E-state index in [-0.39, 0.29) is 10.5 Å². The maximum Gasteiger partial charge on any atom is 0.243 e. The summed E-state index contributed by atoms with van der Waals surface area (Å²) in [7, 11) is -4.85. The maximum atomic E-state index is 12.5. The van der Waals surface area contributed by atoms with Gasteiger partial charge < -0.3 is 19.1 Å². The van der Waals surface area contributed by atoms with Crippen molar-refractivity contribution in [3.63, 3.8) is 0 Å². The Hall–Kier alpha value is -4.38. The molecule has 7 nitrogen and oxygen atoms in total. The minimum Gasteiger partial charge on any atom is -0.744 e. The molecule has 12 heteroatoms. The first-order valence-electron chi connectivity index (χ1n) is 15.8. The molecular formula is C39H30Cl4N4O3S. The Kier molecular flexibility index (Phi) is 12.8. The van der Waals surface area contributed by atoms with Crippen molar-refractivity contribution in [1.82, 2.24) is 0 Å². The Labute approximate surface area is 318 Å². The predicted octanol–water partition coefficient (Wildman–Crippen LogP) is 10.7. The largest absolute Gasteiger partial charge is 0.744 e. The van der Waals surface area contributed by atoms with Gasteiger partial charge in [0, 0.05) is 36.4 Å². The van der Waals surface area contributed by atoms with Gasteiger partial charge in [-0.15, -0.1) is 0 Å². The Morgan fingerprint density at radius 2 is 1.29 bits per heavy atom. The molecule has 51 heavy (non-hydrogen) atoms. The zero-order valence-electron chi connectivity index (χ0n) is 27.1. The minimum absolute atomic E-state index is 0.249. The molecule has 0 aromatic heterocycles. The fourth-order valence-electron chi connectivity index (χ4n) is 5.83. The second-order valence-corrected chi connectivity index (χ2v) is 14.3. The topological polar surface area (TPSA) is 72.2 Å². The average molecular weight is 777 g/mol. The van der Waals surface area contributed by atoms with Gasteiger partial charge in [0.25, 0.3) is 0 Å². The molecule has 1 aliphatic rings. The van der Waals surface area contributed by atoms with Crippen LogP contribution in [0.3, 0.4) is 0 Å². The van der Waals surface area contributed by atoms with Crippen molar-refractivity contribution in [2.45, 2.75) is 17.7 Å². The van der Waals surface area contributed by atoms with E-state index >= 15 is 0 Å². The quantitative estimate of drug-likeness (QED) is 0.0622. The van der Waals surface area contributed by atoms with Crippen molar-refractivity contribution < 1.29 is 17.5 Å². The Bertz CT molecular complexity index is 2210. The van der Waals surface area contributed by atoms with Gasteiger partial charge in [-0.3, -0.25) is 0 Å². The first kappa shape index (κ1) is 37.9. The molecule has 0 atom stereocenters. The lowest BCUT2D eigenvalue weighted by Crippen LogP contribution is -2.20. The lowest BCUT2D eigenvalue weighted by atomic mass is 9.90. The maximum absolute atomic E-state index is 12.5. The molecule has 258 valence electrons. The first-order valence-corrected chi connectivity index (χ1v) is 18.7. The number of nitrogens with zero attached hydrogens (tertiary/aromatic N) is 4. The number of rotatable bonds is 12. The summed E-state index contributed by atoms with van der Waals surface area (Å²) in [5.74, 6) is 0. The van der Waals surface area contributed by atoms with Gasteiger partial charge in [0.05, 0.1) is 27.0 Å². The monoisotopic (exact) mass is 774 g/mol. The van der Waals surface area contributed by atoms with Crippen molar-refractivity contribution in [2.24, 2.45) is 0 Å². The van der Waals surface area contributed by atoms with E-state index in [0.717, 1.165) is 11.4 Å². The SMILES string of the molecule is [C-]#[N+]CCCN(c1ccc(C(=C2C=CC(=[N+](CCC[N+]#[C-])c3c(Cl)cccc3Cl)C=C2)c2ccccc2S(=O)(=O)[O-])cc1)c1c(Cl)cccc1Cl. The van der Waals surface area contributed by atoms with E-state index in [0.29, 0.717) is 87.2 Å². The van der Waals surface area contributed by atoms with Crippen LogP contribution >= 0.6 is 46.4 Å². The number of allylic oxidation sites excluding steroid dienone is 5. The molecule has 0 bridgehead atoms. The van der Waals surface area contributed by atoms with Gasteiger partial charge in [0.15, 0.2) is 6.54 Å². The smallest absolute Gasteiger partial charge is 0.243 e. The summed E-state index contributed by atoms with van der Waals surface area (Å²) < 4.78 is 39.5. The highest BCUT2D eigenvalue weighted by Gasteiger charge is 2.25. The highest BCUT2D eigenvalue weighted by Crippen LogP contribution is 2.40. The molecule has 0 aliphatic heterocycles. The van der Waals surface area contributed by atoms with Crippen LogP contribution in [0.4, 0.5) is 17.1 Å². The second-order valence-electron chi connectivity index (χ2n) is 11.3. The second kappa shape index (κ2) is 17.2. The number of hydrogen-bond donors (Lipinski definition) is 0. The molecule has 0 unspecified atom stereocenters. The van der Waals surface area contributed by atoms with Gasteiger partial charge in [0.2, 0.25) is 24.5 Å². The Morgan fingerprint density at radius 3 is 1.88 bits per heavy atom. The van der Waals surface area contributed by atoms with Gasteiger partial charge in [-0.05, 0) is 71.3 Å². The van der Waals surface area contributed by atoms with Gasteiger partial charge in [0.1, 0.15) is 20.2 Å². The van der Waals surface area contributed by atoms with Crippen molar-refractivity contribution in [3.8, 4) is 0 Å². The number of para-hydroxylation sites is 2. The standard InChI is InChI=1S/C39H30Cl4N4O3S/c1-44-23-7-25-46(38-32(40)10-5-11-33(38)41)29-19-15-27(16-20-29)37(31-9-3-4-14-36(31)51(48,49)50)28-17-21-30(22-18-28)47(26-8-24-45-2)39-34(42)12-6-13-35(39)43/h3-6,9-22H,7-8,23-26H2. The van der Waals surface area contributed by atoms with Gasteiger partial charge in [-0.1, -0.05) is 88.9 Å². The molecule has 4 aromatic rings. The Morgan fingerprint density at radius 1 is 0.725 bits per heavy atom. The lowest BCUT2D eigenvalue weighted by Gasteiger charge is -2.27. The van der Waals surface area contributed by atoms with Crippen molar-refractivity contribution in [1.29, 1.82) is 0 Å². The summed E-state index contributed by atoms with van der Waals surface area (Å²) in [5, 5.41) is 1.82. The predicted molar refractivity (Wildman–Crippen MR) is 207 cm³/mol. The van der Waals surface area contributed by atoms with Crippen LogP contribution in [0, 0.1) is 13.1 Å². The molecule has 0 radical (unpaired) electrons. The summed E-state index contributed by atoms with van der Waals surface area (Å²) in [4.78, 5) is 8.57. The van der Waals surface area contributed by atoms with E-state index in [1.54, 1.807) is 48.5 Å². The summed E-state index contributed by atoms with van der Waals surface area (Å²) in [6.45, 7) is 16.1. The number of halogens is 4. The molecule has 0 amide bonds. The zero-order chi connectivity index (χ0) is 36.5. The van der Waals surface area contributed by atoms with E-state index in [2.05, 4.69) is 9.69 Å². The van der Waals surface area contributed by atoms with Gasteiger partial charge >= 0.3 is 0 Å². The normalized spacial score (nSPS) is 12.4. The van der Waals surface area contributed by atoms with E-state index in [9.17, 15) is 13.0 Å². The summed E-state index contributed by atoms with van der Waals surface area (Å²) in [6.07, 6.45) is 8.57. The van der Waals surface area contributed by atoms with Crippen LogP contribution in [-0.4, -0.2) is 49.4 Å². The van der Waals surface area contributed by atoms with E-state index in [1.807, 2.05) is 58.0 Å². The van der Waals surface area contributed by atoms with Crippen molar-refractivity contribution in [3.05, 3.63) is 169 Å². The van der Waals surface area contributed by atoms with Crippen molar-refractivity contribution >= 4 is 84.9 Å². The fraction of sp³-hybridized carbons (Fsp3) is 0.154. The molecule has 0 saturated heterocycles. The van der Waals surface area contributed by atoms with Crippen LogP contribution in [0.5, 0.6) is 0 Å². The molecule has 0 fully saturated rings. The zero-order valence-corrected chi connectivity index (χ0v) is 30.9. The molecule has 0 heterocycles. The third kappa shape index (κ3) is 8.92. The molecule has 0 saturated carbocycles. The third-order valence-corrected chi connectivity index (χ3v) is 10.2. The van der Waals surface area contributed by atoms with Crippen LogP contribution in [0.1, 0.15) is 24.0 Å².